The van der Waals surface area contributed by atoms with E-state index in [0.717, 1.165) is 54.8 Å². The lowest BCUT2D eigenvalue weighted by molar-refractivity contribution is 0.152. The first-order valence-corrected chi connectivity index (χ1v) is 6.59. The van der Waals surface area contributed by atoms with Crippen molar-refractivity contribution >= 4 is 16.5 Å². The molecule has 0 amide bonds. The number of ether oxygens (including phenoxy) is 1. The summed E-state index contributed by atoms with van der Waals surface area (Å²) in [4.78, 5) is 7.86. The quantitative estimate of drug-likeness (QED) is 0.871. The minimum Gasteiger partial charge on any atom is -0.391 e. The molecule has 0 bridgehead atoms. The maximum atomic E-state index is 9.24. The molecule has 1 aliphatic heterocycles. The normalized spacial score (nSPS) is 17.5. The number of aliphatic hydroxyl groups excluding tert-OH is 1. The summed E-state index contributed by atoms with van der Waals surface area (Å²) in [5, 5.41) is 10.3. The first-order chi connectivity index (χ1) is 7.85. The van der Waals surface area contributed by atoms with E-state index in [4.69, 9.17) is 4.74 Å². The van der Waals surface area contributed by atoms with E-state index in [9.17, 15) is 5.11 Å². The summed E-state index contributed by atoms with van der Waals surface area (Å²) in [5.74, 6) is 0. The zero-order valence-electron chi connectivity index (χ0n) is 9.61. The van der Waals surface area contributed by atoms with Gasteiger partial charge in [-0.05, 0) is 12.8 Å². The average Bonchev–Trinajstić information content (AvgIpc) is 2.54. The third-order valence-corrected chi connectivity index (χ3v) is 3.88. The van der Waals surface area contributed by atoms with Crippen molar-refractivity contribution in [2.24, 2.45) is 0 Å². The Morgan fingerprint density at radius 3 is 3.00 bits per heavy atom. The van der Waals surface area contributed by atoms with E-state index in [-0.39, 0.29) is 6.61 Å². The van der Waals surface area contributed by atoms with Gasteiger partial charge in [0.05, 0.1) is 23.8 Å². The smallest absolute Gasteiger partial charge is 0.185 e. The zero-order chi connectivity index (χ0) is 11.4. The van der Waals surface area contributed by atoms with Crippen LogP contribution in [0.15, 0.2) is 0 Å². The Kier molecular flexibility index (Phi) is 4.15. The molecule has 1 aromatic rings. The van der Waals surface area contributed by atoms with E-state index in [1.807, 2.05) is 0 Å². The van der Waals surface area contributed by atoms with Gasteiger partial charge in [0.15, 0.2) is 5.13 Å². The van der Waals surface area contributed by atoms with Crippen molar-refractivity contribution in [1.29, 1.82) is 0 Å². The molecule has 0 atom stereocenters. The number of aryl methyl sites for hydroxylation is 1. The van der Waals surface area contributed by atoms with Gasteiger partial charge in [0.1, 0.15) is 0 Å². The van der Waals surface area contributed by atoms with Crippen LogP contribution in [-0.4, -0.2) is 36.4 Å². The van der Waals surface area contributed by atoms with Crippen molar-refractivity contribution < 1.29 is 9.84 Å². The highest BCUT2D eigenvalue weighted by Crippen LogP contribution is 2.27. The van der Waals surface area contributed by atoms with Crippen molar-refractivity contribution in [3.8, 4) is 0 Å². The highest BCUT2D eigenvalue weighted by atomic mass is 32.1. The second-order valence-corrected chi connectivity index (χ2v) is 4.89. The molecule has 2 rings (SSSR count). The van der Waals surface area contributed by atoms with Gasteiger partial charge in [-0.2, -0.15) is 0 Å². The van der Waals surface area contributed by atoms with Gasteiger partial charge >= 0.3 is 0 Å². The number of nitrogens with zero attached hydrogens (tertiary/aromatic N) is 2. The van der Waals surface area contributed by atoms with Gasteiger partial charge in [0, 0.05) is 19.7 Å². The molecule has 0 unspecified atom stereocenters. The van der Waals surface area contributed by atoms with E-state index in [1.165, 1.54) is 0 Å². The first kappa shape index (κ1) is 11.8. The molecule has 16 heavy (non-hydrogen) atoms. The van der Waals surface area contributed by atoms with E-state index < -0.39 is 0 Å². The maximum absolute atomic E-state index is 9.24. The number of aliphatic hydroxyl groups is 1. The summed E-state index contributed by atoms with van der Waals surface area (Å²) in [5.41, 5.74) is 1.03. The molecule has 0 radical (unpaired) electrons. The van der Waals surface area contributed by atoms with E-state index in [2.05, 4.69) is 16.8 Å². The topological polar surface area (TPSA) is 45.6 Å². The molecule has 90 valence electrons. The van der Waals surface area contributed by atoms with Gasteiger partial charge in [-0.25, -0.2) is 4.98 Å². The van der Waals surface area contributed by atoms with Crippen molar-refractivity contribution in [3.63, 3.8) is 0 Å². The summed E-state index contributed by atoms with van der Waals surface area (Å²) >= 11 is 1.61. The molecule has 0 aromatic carbocycles. The van der Waals surface area contributed by atoms with Gasteiger partial charge < -0.3 is 14.7 Å². The van der Waals surface area contributed by atoms with Gasteiger partial charge in [-0.1, -0.05) is 18.3 Å². The zero-order valence-corrected chi connectivity index (χ0v) is 10.4. The Morgan fingerprint density at radius 2 is 2.31 bits per heavy atom. The predicted molar refractivity (Wildman–Crippen MR) is 65.1 cm³/mol. The Hall–Kier alpha value is -0.650. The van der Waals surface area contributed by atoms with Crippen LogP contribution in [-0.2, 0) is 17.8 Å². The maximum Gasteiger partial charge on any atom is 0.185 e. The number of aromatic nitrogens is 1. The lowest BCUT2D eigenvalue weighted by atomic mass is 10.3. The molecule has 0 saturated carbocycles. The van der Waals surface area contributed by atoms with Gasteiger partial charge in [0.25, 0.3) is 0 Å². The molecule has 0 aliphatic carbocycles. The van der Waals surface area contributed by atoms with Gasteiger partial charge in [0.2, 0.25) is 0 Å². The lowest BCUT2D eigenvalue weighted by Gasteiger charge is -2.17. The second-order valence-electron chi connectivity index (χ2n) is 3.83. The Balaban J connectivity index is 2.15. The molecule has 1 aliphatic rings. The van der Waals surface area contributed by atoms with E-state index in [0.29, 0.717) is 0 Å². The average molecular weight is 242 g/mol. The Labute approximate surface area is 99.9 Å². The van der Waals surface area contributed by atoms with Gasteiger partial charge in [-0.15, -0.1) is 0 Å². The van der Waals surface area contributed by atoms with Crippen LogP contribution in [0.3, 0.4) is 0 Å². The summed E-state index contributed by atoms with van der Waals surface area (Å²) in [6, 6.07) is 0. The van der Waals surface area contributed by atoms with Crippen molar-refractivity contribution in [2.75, 3.05) is 31.2 Å². The summed E-state index contributed by atoms with van der Waals surface area (Å²) in [6.45, 7) is 5.70. The minimum atomic E-state index is 0.102. The van der Waals surface area contributed by atoms with Crippen LogP contribution < -0.4 is 4.90 Å². The molecular formula is C11H18N2O2S. The standard InChI is InChI=1S/C11H18N2O2S/c1-2-9-10(8-14)16-11(12-9)13-4-3-6-15-7-5-13/h14H,2-8H2,1H3. The van der Waals surface area contributed by atoms with Crippen LogP contribution in [0.4, 0.5) is 5.13 Å². The van der Waals surface area contributed by atoms with E-state index >= 15 is 0 Å². The van der Waals surface area contributed by atoms with Crippen LogP contribution in [0.25, 0.3) is 0 Å². The second kappa shape index (κ2) is 5.61. The molecule has 4 nitrogen and oxygen atoms in total. The SMILES string of the molecule is CCc1nc(N2CCCOCC2)sc1CO. The fraction of sp³-hybridized carbons (Fsp3) is 0.727. The fourth-order valence-corrected chi connectivity index (χ4v) is 2.90. The fourth-order valence-electron chi connectivity index (χ4n) is 1.84. The molecule has 1 aromatic heterocycles. The molecule has 1 N–H and O–H groups in total. The lowest BCUT2D eigenvalue weighted by Crippen LogP contribution is -2.25. The third kappa shape index (κ3) is 2.53. The van der Waals surface area contributed by atoms with Crippen LogP contribution in [0, 0.1) is 0 Å². The monoisotopic (exact) mass is 242 g/mol. The molecular weight excluding hydrogens is 224 g/mol. The van der Waals surface area contributed by atoms with Crippen molar-refractivity contribution in [3.05, 3.63) is 10.6 Å². The largest absolute Gasteiger partial charge is 0.391 e. The van der Waals surface area contributed by atoms with Crippen LogP contribution in [0.1, 0.15) is 23.9 Å². The minimum absolute atomic E-state index is 0.102. The van der Waals surface area contributed by atoms with E-state index in [1.54, 1.807) is 11.3 Å². The van der Waals surface area contributed by atoms with Crippen molar-refractivity contribution in [1.82, 2.24) is 4.98 Å². The molecule has 2 heterocycles. The summed E-state index contributed by atoms with van der Waals surface area (Å²) in [6.07, 6.45) is 1.94. The molecule has 1 fully saturated rings. The number of anilines is 1. The van der Waals surface area contributed by atoms with Crippen LogP contribution in [0.5, 0.6) is 0 Å². The molecule has 0 spiro atoms. The number of thiazole rings is 1. The molecule has 1 saturated heterocycles. The summed E-state index contributed by atoms with van der Waals surface area (Å²) in [7, 11) is 0. The van der Waals surface area contributed by atoms with Crippen LogP contribution in [0.2, 0.25) is 0 Å². The number of hydrogen-bond donors (Lipinski definition) is 1. The van der Waals surface area contributed by atoms with Crippen molar-refractivity contribution in [2.45, 2.75) is 26.4 Å². The van der Waals surface area contributed by atoms with Gasteiger partial charge in [-0.3, -0.25) is 0 Å². The molecule has 5 heteroatoms. The number of hydrogen-bond acceptors (Lipinski definition) is 5. The summed E-state index contributed by atoms with van der Waals surface area (Å²) < 4.78 is 5.42. The predicted octanol–water partition coefficient (Wildman–Crippen LogP) is 1.42. The third-order valence-electron chi connectivity index (χ3n) is 2.74. The first-order valence-electron chi connectivity index (χ1n) is 5.77. The van der Waals surface area contributed by atoms with Crippen LogP contribution >= 0.6 is 11.3 Å². The number of rotatable bonds is 3. The Morgan fingerprint density at radius 1 is 1.44 bits per heavy atom. The Bertz CT molecular complexity index is 311. The highest BCUT2D eigenvalue weighted by Gasteiger charge is 2.16. The highest BCUT2D eigenvalue weighted by molar-refractivity contribution is 7.15.